The van der Waals surface area contributed by atoms with Gasteiger partial charge in [0, 0.05) is 12.6 Å². The van der Waals surface area contributed by atoms with E-state index >= 15 is 0 Å². The zero-order valence-electron chi connectivity index (χ0n) is 20.3. The average molecular weight is 493 g/mol. The van der Waals surface area contributed by atoms with Crippen LogP contribution in [0.3, 0.4) is 0 Å². The van der Waals surface area contributed by atoms with E-state index in [2.05, 4.69) is 5.32 Å². The standard InChI is InChI=1S/C27H32N4O3S/c1-3-34-21-13-11-19(12-14-21)17-30-25(32)23-16-22(24-10-7-15-35-24)29-31(23)18-27(30,2)26(33)28-20-8-5-4-6-9-20/h7,10-16,20H,3-6,8-9,17-18H2,1-2H3,(H,28,33)/t27-/m0/s1. The first-order valence-corrected chi connectivity index (χ1v) is 13.3. The van der Waals surface area contributed by atoms with Crippen LogP contribution < -0.4 is 10.1 Å². The minimum Gasteiger partial charge on any atom is -0.494 e. The number of fused-ring (bicyclic) bond motifs is 1. The molecule has 1 aromatic carbocycles. The fourth-order valence-corrected chi connectivity index (χ4v) is 5.74. The Kier molecular flexibility index (Phi) is 6.65. The topological polar surface area (TPSA) is 76.5 Å². The summed E-state index contributed by atoms with van der Waals surface area (Å²) in [5, 5.41) is 9.98. The number of amides is 2. The Morgan fingerprint density at radius 2 is 1.97 bits per heavy atom. The van der Waals surface area contributed by atoms with Gasteiger partial charge in [-0.2, -0.15) is 5.10 Å². The molecule has 8 heteroatoms. The highest BCUT2D eigenvalue weighted by atomic mass is 32.1. The highest BCUT2D eigenvalue weighted by Crippen LogP contribution is 2.33. The van der Waals surface area contributed by atoms with Crippen molar-refractivity contribution in [3.05, 3.63) is 59.1 Å². The maximum Gasteiger partial charge on any atom is 0.273 e. The lowest BCUT2D eigenvalue weighted by Gasteiger charge is -2.44. The van der Waals surface area contributed by atoms with E-state index in [-0.39, 0.29) is 17.9 Å². The van der Waals surface area contributed by atoms with E-state index in [9.17, 15) is 9.59 Å². The molecule has 0 radical (unpaired) electrons. The number of nitrogens with one attached hydrogen (secondary N) is 1. The zero-order valence-corrected chi connectivity index (χ0v) is 21.1. The molecule has 0 bridgehead atoms. The summed E-state index contributed by atoms with van der Waals surface area (Å²) in [4.78, 5) is 30.3. The van der Waals surface area contributed by atoms with Gasteiger partial charge in [0.2, 0.25) is 5.91 Å². The number of aromatic nitrogens is 2. The van der Waals surface area contributed by atoms with Crippen LogP contribution in [-0.2, 0) is 17.9 Å². The van der Waals surface area contributed by atoms with Crippen molar-refractivity contribution in [2.75, 3.05) is 6.61 Å². The van der Waals surface area contributed by atoms with Crippen LogP contribution in [0.5, 0.6) is 5.75 Å². The molecule has 2 aromatic heterocycles. The zero-order chi connectivity index (χ0) is 24.4. The maximum absolute atomic E-state index is 13.8. The van der Waals surface area contributed by atoms with Crippen molar-refractivity contribution in [2.45, 2.75) is 70.6 Å². The fraction of sp³-hybridized carbons (Fsp3) is 0.444. The molecule has 7 nitrogen and oxygen atoms in total. The van der Waals surface area contributed by atoms with E-state index in [4.69, 9.17) is 9.84 Å². The molecule has 3 aromatic rings. The first kappa shape index (κ1) is 23.6. The van der Waals surface area contributed by atoms with Crippen molar-refractivity contribution >= 4 is 23.2 Å². The summed E-state index contributed by atoms with van der Waals surface area (Å²) < 4.78 is 7.28. The number of benzene rings is 1. The Labute approximate surface area is 210 Å². The monoisotopic (exact) mass is 492 g/mol. The minimum atomic E-state index is -1.06. The lowest BCUT2D eigenvalue weighted by molar-refractivity contribution is -0.134. The third-order valence-corrected chi connectivity index (χ3v) is 7.97. The van der Waals surface area contributed by atoms with E-state index in [0.717, 1.165) is 47.6 Å². The summed E-state index contributed by atoms with van der Waals surface area (Å²) in [6.07, 6.45) is 5.45. The predicted molar refractivity (Wildman–Crippen MR) is 136 cm³/mol. The van der Waals surface area contributed by atoms with Gasteiger partial charge in [-0.1, -0.05) is 37.5 Å². The highest BCUT2D eigenvalue weighted by molar-refractivity contribution is 7.13. The number of thiophene rings is 1. The lowest BCUT2D eigenvalue weighted by Crippen LogP contribution is -2.64. The second kappa shape index (κ2) is 9.85. The van der Waals surface area contributed by atoms with Gasteiger partial charge in [0.05, 0.1) is 18.0 Å². The van der Waals surface area contributed by atoms with Crippen LogP contribution >= 0.6 is 11.3 Å². The average Bonchev–Trinajstić information content (AvgIpc) is 3.54. The first-order valence-electron chi connectivity index (χ1n) is 12.4. The van der Waals surface area contributed by atoms with Crippen LogP contribution in [0.15, 0.2) is 47.8 Å². The van der Waals surface area contributed by atoms with E-state index in [1.165, 1.54) is 6.42 Å². The van der Waals surface area contributed by atoms with Gasteiger partial charge >= 0.3 is 0 Å². The third kappa shape index (κ3) is 4.72. The van der Waals surface area contributed by atoms with Crippen molar-refractivity contribution in [1.82, 2.24) is 20.0 Å². The van der Waals surface area contributed by atoms with Gasteiger partial charge in [0.15, 0.2) is 0 Å². The van der Waals surface area contributed by atoms with Crippen molar-refractivity contribution < 1.29 is 14.3 Å². The molecule has 35 heavy (non-hydrogen) atoms. The molecule has 5 rings (SSSR count). The molecule has 1 aliphatic carbocycles. The first-order chi connectivity index (χ1) is 17.0. The summed E-state index contributed by atoms with van der Waals surface area (Å²) in [6.45, 7) is 5.06. The Balaban J connectivity index is 1.47. The molecule has 3 heterocycles. The summed E-state index contributed by atoms with van der Waals surface area (Å²) in [6, 6.07) is 13.7. The molecule has 0 unspecified atom stereocenters. The van der Waals surface area contributed by atoms with Gasteiger partial charge in [-0.05, 0) is 61.9 Å². The molecule has 1 aliphatic heterocycles. The van der Waals surface area contributed by atoms with Crippen molar-refractivity contribution in [3.63, 3.8) is 0 Å². The van der Waals surface area contributed by atoms with Gasteiger partial charge in [-0.15, -0.1) is 11.3 Å². The SMILES string of the molecule is CCOc1ccc(CN2C(=O)c3cc(-c4cccs4)nn3C[C@@]2(C)C(=O)NC2CCCCC2)cc1. The largest absolute Gasteiger partial charge is 0.494 e. The maximum atomic E-state index is 13.8. The van der Waals surface area contributed by atoms with Crippen LogP contribution in [0, 0.1) is 0 Å². The lowest BCUT2D eigenvalue weighted by atomic mass is 9.91. The third-order valence-electron chi connectivity index (χ3n) is 7.08. The van der Waals surface area contributed by atoms with E-state index in [1.807, 2.05) is 61.7 Å². The molecule has 1 fully saturated rings. The van der Waals surface area contributed by atoms with Crippen LogP contribution in [0.4, 0.5) is 0 Å². The van der Waals surface area contributed by atoms with E-state index in [0.29, 0.717) is 25.4 Å². The van der Waals surface area contributed by atoms with Crippen LogP contribution in [0.2, 0.25) is 0 Å². The summed E-state index contributed by atoms with van der Waals surface area (Å²) in [5.74, 6) is 0.502. The molecule has 1 atom stereocenters. The Hall–Kier alpha value is -3.13. The van der Waals surface area contributed by atoms with Crippen molar-refractivity contribution in [2.24, 2.45) is 0 Å². The second-order valence-corrected chi connectivity index (χ2v) is 10.5. The molecule has 184 valence electrons. The van der Waals surface area contributed by atoms with Crippen LogP contribution in [0.25, 0.3) is 10.6 Å². The summed E-state index contributed by atoms with van der Waals surface area (Å²) in [5.41, 5.74) is 1.17. The molecular formula is C27H32N4O3S. The Morgan fingerprint density at radius 1 is 1.20 bits per heavy atom. The fourth-order valence-electron chi connectivity index (χ4n) is 5.06. The second-order valence-electron chi connectivity index (χ2n) is 9.60. The summed E-state index contributed by atoms with van der Waals surface area (Å²) >= 11 is 1.59. The van der Waals surface area contributed by atoms with Crippen molar-refractivity contribution in [1.29, 1.82) is 0 Å². The molecular weight excluding hydrogens is 460 g/mol. The van der Waals surface area contributed by atoms with Gasteiger partial charge in [0.25, 0.3) is 5.91 Å². The number of ether oxygens (including phenoxy) is 1. The number of hydrogen-bond acceptors (Lipinski definition) is 5. The number of carbonyl (C=O) groups excluding carboxylic acids is 2. The molecule has 1 saturated carbocycles. The normalized spacial score (nSPS) is 20.5. The van der Waals surface area contributed by atoms with Gasteiger partial charge < -0.3 is 15.0 Å². The molecule has 1 N–H and O–H groups in total. The number of carbonyl (C=O) groups is 2. The summed E-state index contributed by atoms with van der Waals surface area (Å²) in [7, 11) is 0. The van der Waals surface area contributed by atoms with Crippen LogP contribution in [-0.4, -0.2) is 44.7 Å². The quantitative estimate of drug-likeness (QED) is 0.510. The van der Waals surface area contributed by atoms with Gasteiger partial charge in [0.1, 0.15) is 22.7 Å². The number of rotatable bonds is 7. The van der Waals surface area contributed by atoms with E-state index in [1.54, 1.807) is 20.9 Å². The van der Waals surface area contributed by atoms with Gasteiger partial charge in [-0.3, -0.25) is 14.3 Å². The smallest absolute Gasteiger partial charge is 0.273 e. The molecule has 2 aliphatic rings. The Bertz CT molecular complexity index is 1180. The van der Waals surface area contributed by atoms with Crippen molar-refractivity contribution in [3.8, 4) is 16.3 Å². The predicted octanol–water partition coefficient (Wildman–Crippen LogP) is 4.87. The molecule has 0 saturated heterocycles. The Morgan fingerprint density at radius 3 is 2.66 bits per heavy atom. The molecule has 0 spiro atoms. The number of nitrogens with zero attached hydrogens (tertiary/aromatic N) is 3. The number of hydrogen-bond donors (Lipinski definition) is 1. The highest BCUT2D eigenvalue weighted by Gasteiger charge is 2.48. The van der Waals surface area contributed by atoms with Crippen LogP contribution in [0.1, 0.15) is 62.0 Å². The molecule has 2 amide bonds. The van der Waals surface area contributed by atoms with E-state index < -0.39 is 5.54 Å². The minimum absolute atomic E-state index is 0.109. The van der Waals surface area contributed by atoms with Gasteiger partial charge in [-0.25, -0.2) is 0 Å².